The van der Waals surface area contributed by atoms with E-state index in [2.05, 4.69) is 35.5 Å². The summed E-state index contributed by atoms with van der Waals surface area (Å²) in [6.45, 7) is 5.76. The summed E-state index contributed by atoms with van der Waals surface area (Å²) in [5.41, 5.74) is 3.17. The van der Waals surface area contributed by atoms with Gasteiger partial charge in [-0.2, -0.15) is 0 Å². The summed E-state index contributed by atoms with van der Waals surface area (Å²) in [5.74, 6) is 2.06. The molecular weight excluding hydrogens is 504 g/mol. The summed E-state index contributed by atoms with van der Waals surface area (Å²) in [5, 5.41) is 5.20. The van der Waals surface area contributed by atoms with Gasteiger partial charge >= 0.3 is 0 Å². The maximum Gasteiger partial charge on any atom is 0.262 e. The normalized spacial score (nSPS) is 12.9. The van der Waals surface area contributed by atoms with Crippen molar-refractivity contribution in [3.8, 4) is 11.5 Å². The molecule has 0 unspecified atom stereocenters. The van der Waals surface area contributed by atoms with Gasteiger partial charge in [-0.3, -0.25) is 4.79 Å². The lowest BCUT2D eigenvalue weighted by Crippen LogP contribution is -2.23. The summed E-state index contributed by atoms with van der Waals surface area (Å²) in [7, 11) is 0. The number of hydrogen-bond acceptors (Lipinski definition) is 5. The molecule has 2 aromatic carbocycles. The Hall–Kier alpha value is -2.60. The zero-order chi connectivity index (χ0) is 27.5. The molecule has 1 amide bonds. The van der Waals surface area contributed by atoms with Crippen LogP contribution < -0.4 is 14.8 Å². The number of rotatable bonds is 20. The molecule has 1 aliphatic rings. The third-order valence-corrected chi connectivity index (χ3v) is 8.07. The number of benzene rings is 2. The number of hydrogen-bond donors (Lipinski definition) is 1. The number of carbonyl (C=O) groups excluding carboxylic acids is 1. The van der Waals surface area contributed by atoms with Gasteiger partial charge < -0.3 is 19.7 Å². The topological polar surface area (TPSA) is 50.8 Å². The summed E-state index contributed by atoms with van der Waals surface area (Å²) in [4.78, 5) is 15.0. The van der Waals surface area contributed by atoms with Gasteiger partial charge in [-0.25, -0.2) is 0 Å². The van der Waals surface area contributed by atoms with Crippen LogP contribution in [-0.2, 0) is 11.3 Å². The Bertz CT molecular complexity index is 1010. The fourth-order valence-corrected chi connectivity index (χ4v) is 5.66. The van der Waals surface area contributed by atoms with Crippen molar-refractivity contribution in [1.29, 1.82) is 0 Å². The molecule has 0 spiro atoms. The lowest BCUT2D eigenvalue weighted by Gasteiger charge is -2.21. The van der Waals surface area contributed by atoms with Crippen LogP contribution in [0.1, 0.15) is 96.5 Å². The van der Waals surface area contributed by atoms with Gasteiger partial charge in [-0.05, 0) is 42.5 Å². The Morgan fingerprint density at radius 1 is 0.821 bits per heavy atom. The smallest absolute Gasteiger partial charge is 0.262 e. The van der Waals surface area contributed by atoms with Gasteiger partial charge in [-0.15, -0.1) is 11.8 Å². The first-order valence-corrected chi connectivity index (χ1v) is 16.0. The highest BCUT2D eigenvalue weighted by molar-refractivity contribution is 8.02. The molecule has 0 bridgehead atoms. The molecule has 1 aliphatic heterocycles. The second-order valence-electron chi connectivity index (χ2n) is 10.4. The molecular formula is C33H48N2O3S. The molecule has 1 heterocycles. The largest absolute Gasteiger partial charge is 0.490 e. The first-order chi connectivity index (χ1) is 19.2. The van der Waals surface area contributed by atoms with Crippen molar-refractivity contribution >= 4 is 23.4 Å². The van der Waals surface area contributed by atoms with Gasteiger partial charge in [0.05, 0.1) is 12.5 Å². The van der Waals surface area contributed by atoms with Crippen LogP contribution in [0.3, 0.4) is 0 Å². The van der Waals surface area contributed by atoms with Crippen LogP contribution in [-0.4, -0.2) is 29.9 Å². The highest BCUT2D eigenvalue weighted by Gasteiger charge is 2.15. The molecule has 3 rings (SSSR count). The van der Waals surface area contributed by atoms with Crippen molar-refractivity contribution in [2.24, 2.45) is 0 Å². The molecule has 5 nitrogen and oxygen atoms in total. The molecule has 0 aromatic heterocycles. The summed E-state index contributed by atoms with van der Waals surface area (Å²) in [6.07, 6.45) is 15.9. The molecule has 0 atom stereocenters. The van der Waals surface area contributed by atoms with E-state index in [1.165, 1.54) is 76.3 Å². The van der Waals surface area contributed by atoms with Crippen molar-refractivity contribution in [1.82, 2.24) is 4.90 Å². The number of carbonyl (C=O) groups is 1. The quantitative estimate of drug-likeness (QED) is 0.166. The highest BCUT2D eigenvalue weighted by atomic mass is 32.2. The summed E-state index contributed by atoms with van der Waals surface area (Å²) >= 11 is 1.80. The van der Waals surface area contributed by atoms with Gasteiger partial charge in [0.25, 0.3) is 5.91 Å². The van der Waals surface area contributed by atoms with Gasteiger partial charge in [0.1, 0.15) is 0 Å². The molecule has 39 heavy (non-hydrogen) atoms. The van der Waals surface area contributed by atoms with E-state index in [1.807, 2.05) is 42.5 Å². The Kier molecular flexibility index (Phi) is 14.8. The third-order valence-electron chi connectivity index (χ3n) is 7.10. The van der Waals surface area contributed by atoms with Crippen molar-refractivity contribution in [3.05, 3.63) is 65.2 Å². The van der Waals surface area contributed by atoms with Gasteiger partial charge in [-0.1, -0.05) is 108 Å². The van der Waals surface area contributed by atoms with Crippen LogP contribution >= 0.6 is 11.8 Å². The predicted molar refractivity (Wildman–Crippen MR) is 165 cm³/mol. The van der Waals surface area contributed by atoms with E-state index in [4.69, 9.17) is 9.47 Å². The average molecular weight is 553 g/mol. The van der Waals surface area contributed by atoms with Gasteiger partial charge in [0.2, 0.25) is 0 Å². The van der Waals surface area contributed by atoms with E-state index < -0.39 is 0 Å². The zero-order valence-electron chi connectivity index (χ0n) is 24.1. The lowest BCUT2D eigenvalue weighted by molar-refractivity contribution is -0.118. The molecule has 0 saturated carbocycles. The van der Waals surface area contributed by atoms with Gasteiger partial charge in [0.15, 0.2) is 18.1 Å². The second-order valence-corrected chi connectivity index (χ2v) is 11.3. The Morgan fingerprint density at radius 2 is 1.41 bits per heavy atom. The monoisotopic (exact) mass is 552 g/mol. The average Bonchev–Trinajstić information content (AvgIpc) is 3.35. The van der Waals surface area contributed by atoms with E-state index in [1.54, 1.807) is 11.8 Å². The van der Waals surface area contributed by atoms with Crippen LogP contribution in [0.4, 0.5) is 5.69 Å². The maximum absolute atomic E-state index is 12.7. The highest BCUT2D eigenvalue weighted by Crippen LogP contribution is 2.28. The Morgan fingerprint density at radius 3 is 2.05 bits per heavy atom. The minimum atomic E-state index is -0.179. The van der Waals surface area contributed by atoms with Crippen LogP contribution in [0.15, 0.2) is 59.6 Å². The molecule has 1 N–H and O–H groups in total. The van der Waals surface area contributed by atoms with E-state index in [0.717, 1.165) is 30.1 Å². The number of para-hydroxylation sites is 3. The molecule has 0 aliphatic carbocycles. The first kappa shape index (κ1) is 30.9. The molecule has 214 valence electrons. The van der Waals surface area contributed by atoms with Crippen LogP contribution in [0.2, 0.25) is 0 Å². The summed E-state index contributed by atoms with van der Waals surface area (Å²) < 4.78 is 11.9. The Balaban J connectivity index is 1.31. The maximum atomic E-state index is 12.7. The van der Waals surface area contributed by atoms with Crippen LogP contribution in [0.25, 0.3) is 0 Å². The molecule has 2 aromatic rings. The van der Waals surface area contributed by atoms with Crippen LogP contribution in [0, 0.1) is 0 Å². The Labute approximate surface area is 240 Å². The van der Waals surface area contributed by atoms with Gasteiger partial charge in [0, 0.05) is 17.9 Å². The standard InChI is InChI=1S/C33H48N2O3S/c1-3-4-5-6-7-8-9-10-11-12-13-18-23-37-31-21-16-17-22-32(31)38-25-33(36)34-30-20-15-14-19-29(30)24-35-27-39-26-28(35)2/h14-17,19-22,26H,3-13,18,23-25,27H2,1-2H3,(H,34,36). The predicted octanol–water partition coefficient (Wildman–Crippen LogP) is 9.15. The number of ether oxygens (including phenoxy) is 2. The van der Waals surface area contributed by atoms with Crippen molar-refractivity contribution < 1.29 is 14.3 Å². The molecule has 0 saturated heterocycles. The van der Waals surface area contributed by atoms with E-state index in [-0.39, 0.29) is 12.5 Å². The third kappa shape index (κ3) is 12.0. The summed E-state index contributed by atoms with van der Waals surface area (Å²) in [6, 6.07) is 15.6. The molecule has 0 radical (unpaired) electrons. The van der Waals surface area contributed by atoms with E-state index in [0.29, 0.717) is 18.1 Å². The SMILES string of the molecule is CCCCCCCCCCCCCCOc1ccccc1OCC(=O)Nc1ccccc1CN1CSC=C1C. The number of unbranched alkanes of at least 4 members (excludes halogenated alkanes) is 11. The van der Waals surface area contributed by atoms with Crippen molar-refractivity contribution in [3.63, 3.8) is 0 Å². The lowest BCUT2D eigenvalue weighted by atomic mass is 10.1. The minimum Gasteiger partial charge on any atom is -0.490 e. The minimum absolute atomic E-state index is 0.0637. The van der Waals surface area contributed by atoms with E-state index in [9.17, 15) is 4.79 Å². The number of nitrogens with zero attached hydrogens (tertiary/aromatic N) is 1. The first-order valence-electron chi connectivity index (χ1n) is 14.9. The second kappa shape index (κ2) is 18.6. The van der Waals surface area contributed by atoms with Crippen molar-refractivity contribution in [2.45, 2.75) is 97.4 Å². The number of nitrogens with one attached hydrogen (secondary N) is 1. The number of allylic oxidation sites excluding steroid dienone is 1. The molecule has 6 heteroatoms. The van der Waals surface area contributed by atoms with Crippen molar-refractivity contribution in [2.75, 3.05) is 24.4 Å². The fourth-order valence-electron chi connectivity index (χ4n) is 4.72. The number of amides is 1. The number of anilines is 1. The van der Waals surface area contributed by atoms with Crippen LogP contribution in [0.5, 0.6) is 11.5 Å². The van der Waals surface area contributed by atoms with E-state index >= 15 is 0 Å². The number of thioether (sulfide) groups is 1. The molecule has 0 fully saturated rings. The fraction of sp³-hybridized carbons (Fsp3) is 0.545. The zero-order valence-corrected chi connectivity index (χ0v) is 24.9.